The summed E-state index contributed by atoms with van der Waals surface area (Å²) in [7, 11) is 1.68. The number of carbonyl (C=O) groups excluding carboxylic acids is 1. The van der Waals surface area contributed by atoms with E-state index in [1.807, 2.05) is 13.0 Å². The minimum absolute atomic E-state index is 0. The summed E-state index contributed by atoms with van der Waals surface area (Å²) in [5.41, 5.74) is 7.31. The van der Waals surface area contributed by atoms with E-state index >= 15 is 0 Å². The molecule has 0 atom stereocenters. The van der Waals surface area contributed by atoms with Crippen LogP contribution >= 0.6 is 12.4 Å². The second-order valence-corrected chi connectivity index (χ2v) is 6.23. The van der Waals surface area contributed by atoms with E-state index < -0.39 is 0 Å². The van der Waals surface area contributed by atoms with Crippen molar-refractivity contribution in [1.29, 1.82) is 0 Å². The van der Waals surface area contributed by atoms with Gasteiger partial charge in [-0.05, 0) is 56.3 Å². The van der Waals surface area contributed by atoms with Gasteiger partial charge in [0, 0.05) is 6.54 Å². The zero-order valence-corrected chi connectivity index (χ0v) is 15.0. The summed E-state index contributed by atoms with van der Waals surface area (Å²) in [6, 6.07) is 6.18. The van der Waals surface area contributed by atoms with Crippen LogP contribution in [-0.2, 0) is 10.2 Å². The van der Waals surface area contributed by atoms with Crippen molar-refractivity contribution in [2.45, 2.75) is 50.9 Å². The van der Waals surface area contributed by atoms with Crippen LogP contribution in [0.3, 0.4) is 0 Å². The van der Waals surface area contributed by atoms with Gasteiger partial charge in [0.2, 0.25) is 5.91 Å². The van der Waals surface area contributed by atoms with E-state index in [4.69, 9.17) is 10.5 Å². The van der Waals surface area contributed by atoms with Gasteiger partial charge in [-0.3, -0.25) is 4.79 Å². The second-order valence-electron chi connectivity index (χ2n) is 6.23. The van der Waals surface area contributed by atoms with Gasteiger partial charge in [0.1, 0.15) is 5.75 Å². The Balaban J connectivity index is 0.00000264. The molecule has 0 bridgehead atoms. The van der Waals surface area contributed by atoms with E-state index in [9.17, 15) is 4.79 Å². The highest BCUT2D eigenvalue weighted by atomic mass is 35.5. The normalized spacial score (nSPS) is 15.8. The van der Waals surface area contributed by atoms with Crippen molar-refractivity contribution in [3.8, 4) is 5.75 Å². The fourth-order valence-corrected chi connectivity index (χ4v) is 3.38. The maximum Gasteiger partial charge on any atom is 0.230 e. The summed E-state index contributed by atoms with van der Waals surface area (Å²) >= 11 is 0. The zero-order valence-electron chi connectivity index (χ0n) is 14.2. The molecule has 130 valence electrons. The lowest BCUT2D eigenvalue weighted by Gasteiger charge is -2.29. The molecule has 1 aromatic carbocycles. The quantitative estimate of drug-likeness (QED) is 0.750. The van der Waals surface area contributed by atoms with Gasteiger partial charge in [-0.2, -0.15) is 0 Å². The Bertz CT molecular complexity index is 514. The number of amides is 1. The van der Waals surface area contributed by atoms with Crippen LogP contribution in [0.25, 0.3) is 0 Å². The lowest BCUT2D eigenvalue weighted by atomic mass is 9.77. The van der Waals surface area contributed by atoms with Gasteiger partial charge in [-0.25, -0.2) is 0 Å². The molecule has 0 heterocycles. The van der Waals surface area contributed by atoms with E-state index in [0.717, 1.165) is 55.4 Å². The molecule has 3 N–H and O–H groups in total. The maximum absolute atomic E-state index is 12.8. The van der Waals surface area contributed by atoms with Crippen LogP contribution in [0.1, 0.15) is 49.7 Å². The first kappa shape index (κ1) is 19.8. The van der Waals surface area contributed by atoms with E-state index in [2.05, 4.69) is 17.4 Å². The van der Waals surface area contributed by atoms with E-state index in [-0.39, 0.29) is 23.7 Å². The maximum atomic E-state index is 12.8. The number of methoxy groups -OCH3 is 1. The number of unbranched alkanes of at least 4 members (excludes halogenated alkanes) is 1. The van der Waals surface area contributed by atoms with Crippen LogP contribution in [-0.4, -0.2) is 26.1 Å². The largest absolute Gasteiger partial charge is 0.496 e. The second kappa shape index (κ2) is 9.14. The number of benzene rings is 1. The number of hydrogen-bond acceptors (Lipinski definition) is 3. The summed E-state index contributed by atoms with van der Waals surface area (Å²) in [6.45, 7) is 3.41. The Hall–Kier alpha value is -1.26. The molecule has 2 rings (SSSR count). The molecule has 0 aromatic heterocycles. The van der Waals surface area contributed by atoms with Crippen LogP contribution < -0.4 is 15.8 Å². The molecule has 1 amide bonds. The predicted molar refractivity (Wildman–Crippen MR) is 96.4 cm³/mol. The molecule has 1 aliphatic rings. The van der Waals surface area contributed by atoms with Crippen molar-refractivity contribution in [2.24, 2.45) is 5.73 Å². The van der Waals surface area contributed by atoms with Gasteiger partial charge in [-0.15, -0.1) is 12.4 Å². The molecular formula is C18H29ClN2O2. The number of hydrogen-bond donors (Lipinski definition) is 2. The Kier molecular flexibility index (Phi) is 7.86. The van der Waals surface area contributed by atoms with Crippen molar-refractivity contribution < 1.29 is 9.53 Å². The molecule has 1 aromatic rings. The molecule has 0 aliphatic heterocycles. The standard InChI is InChI=1S/C18H28N2O2.ClH/c1-14-7-8-15(13-16(14)22-2)18(9-3-4-10-18)17(21)20-12-6-5-11-19;/h7-8,13H,3-6,9-12,19H2,1-2H3,(H,20,21);1H. The van der Waals surface area contributed by atoms with Crippen LogP contribution in [0.4, 0.5) is 0 Å². The summed E-state index contributed by atoms with van der Waals surface area (Å²) in [6.07, 6.45) is 5.93. The number of halogens is 1. The average molecular weight is 341 g/mol. The summed E-state index contributed by atoms with van der Waals surface area (Å²) < 4.78 is 5.44. The molecule has 1 aliphatic carbocycles. The van der Waals surface area contributed by atoms with Crippen LogP contribution in [0, 0.1) is 6.92 Å². The topological polar surface area (TPSA) is 64.3 Å². The van der Waals surface area contributed by atoms with E-state index in [0.29, 0.717) is 13.1 Å². The number of ether oxygens (including phenoxy) is 1. The van der Waals surface area contributed by atoms with Gasteiger partial charge < -0.3 is 15.8 Å². The SMILES string of the molecule is COc1cc(C2(C(=O)NCCCCN)CCCC2)ccc1C.Cl. The third kappa shape index (κ3) is 4.39. The third-order valence-corrected chi connectivity index (χ3v) is 4.77. The van der Waals surface area contributed by atoms with Crippen LogP contribution in [0.5, 0.6) is 5.75 Å². The molecule has 23 heavy (non-hydrogen) atoms. The van der Waals surface area contributed by atoms with Crippen molar-refractivity contribution >= 4 is 18.3 Å². The average Bonchev–Trinajstić information content (AvgIpc) is 3.02. The van der Waals surface area contributed by atoms with Crippen molar-refractivity contribution in [1.82, 2.24) is 5.32 Å². The number of rotatable bonds is 7. The summed E-state index contributed by atoms with van der Waals surface area (Å²) in [5.74, 6) is 1.02. The van der Waals surface area contributed by atoms with Gasteiger partial charge >= 0.3 is 0 Å². The first-order chi connectivity index (χ1) is 10.6. The lowest BCUT2D eigenvalue weighted by Crippen LogP contribution is -2.43. The number of nitrogens with two attached hydrogens (primary N) is 1. The van der Waals surface area contributed by atoms with Crippen LogP contribution in [0.2, 0.25) is 0 Å². The first-order valence-corrected chi connectivity index (χ1v) is 8.27. The van der Waals surface area contributed by atoms with E-state index in [1.54, 1.807) is 7.11 Å². The highest BCUT2D eigenvalue weighted by molar-refractivity contribution is 5.88. The third-order valence-electron chi connectivity index (χ3n) is 4.77. The monoisotopic (exact) mass is 340 g/mol. The molecule has 0 unspecified atom stereocenters. The Labute approximate surface area is 145 Å². The van der Waals surface area contributed by atoms with Gasteiger partial charge in [-0.1, -0.05) is 25.0 Å². The first-order valence-electron chi connectivity index (χ1n) is 8.27. The highest BCUT2D eigenvalue weighted by Crippen LogP contribution is 2.42. The van der Waals surface area contributed by atoms with Crippen molar-refractivity contribution in [2.75, 3.05) is 20.2 Å². The van der Waals surface area contributed by atoms with Gasteiger partial charge in [0.05, 0.1) is 12.5 Å². The highest BCUT2D eigenvalue weighted by Gasteiger charge is 2.42. The fraction of sp³-hybridized carbons (Fsp3) is 0.611. The Morgan fingerprint density at radius 3 is 2.61 bits per heavy atom. The summed E-state index contributed by atoms with van der Waals surface area (Å²) in [5, 5.41) is 3.12. The fourth-order valence-electron chi connectivity index (χ4n) is 3.38. The van der Waals surface area contributed by atoms with Crippen molar-refractivity contribution in [3.05, 3.63) is 29.3 Å². The molecule has 1 saturated carbocycles. The lowest BCUT2D eigenvalue weighted by molar-refractivity contribution is -0.126. The van der Waals surface area contributed by atoms with Gasteiger partial charge in [0.25, 0.3) is 0 Å². The van der Waals surface area contributed by atoms with Crippen LogP contribution in [0.15, 0.2) is 18.2 Å². The molecule has 0 radical (unpaired) electrons. The molecule has 1 fully saturated rings. The van der Waals surface area contributed by atoms with E-state index in [1.165, 1.54) is 0 Å². The molecule has 0 saturated heterocycles. The Morgan fingerprint density at radius 2 is 2.00 bits per heavy atom. The summed E-state index contributed by atoms with van der Waals surface area (Å²) in [4.78, 5) is 12.8. The number of nitrogens with one attached hydrogen (secondary N) is 1. The molecule has 5 heteroatoms. The number of aryl methyl sites for hydroxylation is 1. The Morgan fingerprint density at radius 1 is 1.30 bits per heavy atom. The molecule has 4 nitrogen and oxygen atoms in total. The molecular weight excluding hydrogens is 312 g/mol. The van der Waals surface area contributed by atoms with Crippen molar-refractivity contribution in [3.63, 3.8) is 0 Å². The predicted octanol–water partition coefficient (Wildman–Crippen LogP) is 3.09. The minimum atomic E-state index is -0.385. The minimum Gasteiger partial charge on any atom is -0.496 e. The molecule has 0 spiro atoms. The number of carbonyl (C=O) groups is 1. The zero-order chi connectivity index (χ0) is 16.0. The smallest absolute Gasteiger partial charge is 0.230 e. The van der Waals surface area contributed by atoms with Gasteiger partial charge in [0.15, 0.2) is 0 Å².